The zero-order valence-corrected chi connectivity index (χ0v) is 31.1. The molecule has 0 saturated heterocycles. The molecule has 0 aliphatic heterocycles. The van der Waals surface area contributed by atoms with Crippen molar-refractivity contribution in [3.05, 3.63) is 222 Å². The van der Waals surface area contributed by atoms with Gasteiger partial charge < -0.3 is 0 Å². The average molecular weight is 732 g/mol. The third kappa shape index (κ3) is 5.00. The molecule has 0 bridgehead atoms. The minimum absolute atomic E-state index is 0.562. The molecule has 1 aliphatic rings. The maximum Gasteiger partial charge on any atom is 0.164 e. The van der Waals surface area contributed by atoms with Crippen LogP contribution in [0, 0.1) is 0 Å². The molecule has 0 saturated carbocycles. The summed E-state index contributed by atoms with van der Waals surface area (Å²) in [6, 6.07) is 71.7. The van der Waals surface area contributed by atoms with Gasteiger partial charge in [0.25, 0.3) is 0 Å². The molecule has 4 heteroatoms. The SMILES string of the molecule is c1ccc(-c2nc(-c3ccccc3)nc(-c3cc(-c4cccc5c4C(c4ccccc4)(c4ccccc4)c4ccccc4-5)c4c(c3)sc3ccccc34)n2)cc1. The second-order valence-electron chi connectivity index (χ2n) is 14.3. The predicted molar refractivity (Wildman–Crippen MR) is 232 cm³/mol. The maximum atomic E-state index is 5.21. The highest BCUT2D eigenvalue weighted by Crippen LogP contribution is 2.59. The van der Waals surface area contributed by atoms with E-state index in [-0.39, 0.29) is 0 Å². The number of hydrogen-bond acceptors (Lipinski definition) is 4. The molecule has 0 spiro atoms. The van der Waals surface area contributed by atoms with E-state index in [4.69, 9.17) is 15.0 Å². The van der Waals surface area contributed by atoms with E-state index in [0.29, 0.717) is 17.5 Å². The van der Waals surface area contributed by atoms with E-state index < -0.39 is 5.41 Å². The number of benzene rings is 8. The number of thiophene rings is 1. The minimum Gasteiger partial charge on any atom is -0.208 e. The lowest BCUT2D eigenvalue weighted by Crippen LogP contribution is -2.29. The Morgan fingerprint density at radius 2 is 0.839 bits per heavy atom. The van der Waals surface area contributed by atoms with Crippen LogP contribution in [0.25, 0.3) is 76.6 Å². The van der Waals surface area contributed by atoms with Gasteiger partial charge in [0.05, 0.1) is 5.41 Å². The van der Waals surface area contributed by atoms with E-state index in [1.165, 1.54) is 64.7 Å². The Hall–Kier alpha value is -7.01. The normalized spacial score (nSPS) is 12.8. The Morgan fingerprint density at radius 1 is 0.357 bits per heavy atom. The van der Waals surface area contributed by atoms with Gasteiger partial charge in [0.2, 0.25) is 0 Å². The van der Waals surface area contributed by atoms with Crippen LogP contribution in [0.15, 0.2) is 200 Å². The van der Waals surface area contributed by atoms with Crippen molar-refractivity contribution >= 4 is 31.5 Å². The molecular weight excluding hydrogens is 699 g/mol. The molecule has 1 aliphatic carbocycles. The van der Waals surface area contributed by atoms with Crippen LogP contribution in [0.4, 0.5) is 0 Å². The van der Waals surface area contributed by atoms with E-state index >= 15 is 0 Å². The molecule has 10 aromatic rings. The molecule has 8 aromatic carbocycles. The molecule has 2 aromatic heterocycles. The molecule has 0 amide bonds. The summed E-state index contributed by atoms with van der Waals surface area (Å²) < 4.78 is 2.44. The summed E-state index contributed by atoms with van der Waals surface area (Å²) in [5.41, 5.74) is 12.2. The van der Waals surface area contributed by atoms with Crippen molar-refractivity contribution in [3.8, 4) is 56.4 Å². The second kappa shape index (κ2) is 13.1. The molecule has 56 heavy (non-hydrogen) atoms. The Morgan fingerprint density at radius 3 is 1.46 bits per heavy atom. The summed E-state index contributed by atoms with van der Waals surface area (Å²) in [5, 5.41) is 2.49. The van der Waals surface area contributed by atoms with Crippen LogP contribution in [0.3, 0.4) is 0 Å². The van der Waals surface area contributed by atoms with E-state index in [9.17, 15) is 0 Å². The molecule has 0 N–H and O–H groups in total. The quantitative estimate of drug-likeness (QED) is 0.171. The second-order valence-corrected chi connectivity index (χ2v) is 15.4. The van der Waals surface area contributed by atoms with Crippen LogP contribution in [0.5, 0.6) is 0 Å². The largest absolute Gasteiger partial charge is 0.208 e. The van der Waals surface area contributed by atoms with Gasteiger partial charge >= 0.3 is 0 Å². The Kier molecular flexibility index (Phi) is 7.58. The highest BCUT2D eigenvalue weighted by atomic mass is 32.1. The van der Waals surface area contributed by atoms with Gasteiger partial charge in [0.1, 0.15) is 0 Å². The summed E-state index contributed by atoms with van der Waals surface area (Å²) in [7, 11) is 0. The third-order valence-electron chi connectivity index (χ3n) is 11.2. The summed E-state index contributed by atoms with van der Waals surface area (Å²) in [5.74, 6) is 1.94. The first-order valence-corrected chi connectivity index (χ1v) is 19.8. The Labute approximate surface area is 329 Å². The zero-order valence-electron chi connectivity index (χ0n) is 30.3. The molecule has 11 rings (SSSR count). The topological polar surface area (TPSA) is 38.7 Å². The van der Waals surface area contributed by atoms with Gasteiger partial charge in [0.15, 0.2) is 17.5 Å². The fraction of sp³-hybridized carbons (Fsp3) is 0.0192. The van der Waals surface area contributed by atoms with Crippen LogP contribution in [-0.4, -0.2) is 15.0 Å². The molecule has 262 valence electrons. The van der Waals surface area contributed by atoms with E-state index in [1.807, 2.05) is 47.7 Å². The molecule has 0 radical (unpaired) electrons. The molecular formula is C52H33N3S. The van der Waals surface area contributed by atoms with Gasteiger partial charge in [0, 0.05) is 36.9 Å². The number of nitrogens with zero attached hydrogens (tertiary/aromatic N) is 3. The molecule has 0 atom stereocenters. The van der Waals surface area contributed by atoms with Gasteiger partial charge in [-0.25, -0.2) is 15.0 Å². The van der Waals surface area contributed by atoms with E-state index in [1.54, 1.807) is 0 Å². The van der Waals surface area contributed by atoms with Crippen molar-refractivity contribution in [2.75, 3.05) is 0 Å². The average Bonchev–Trinajstić information content (AvgIpc) is 3.81. The molecule has 3 nitrogen and oxygen atoms in total. The summed E-state index contributed by atoms with van der Waals surface area (Å²) in [4.78, 5) is 15.4. The van der Waals surface area contributed by atoms with Gasteiger partial charge in [-0.2, -0.15) is 0 Å². The molecule has 0 fully saturated rings. The lowest BCUT2D eigenvalue weighted by atomic mass is 9.66. The Bertz CT molecular complexity index is 2970. The summed E-state index contributed by atoms with van der Waals surface area (Å²) in [6.07, 6.45) is 0. The fourth-order valence-electron chi connectivity index (χ4n) is 8.86. The van der Waals surface area contributed by atoms with Gasteiger partial charge in [-0.05, 0) is 62.7 Å². The predicted octanol–water partition coefficient (Wildman–Crippen LogP) is 13.3. The van der Waals surface area contributed by atoms with Gasteiger partial charge in [-0.3, -0.25) is 0 Å². The molecule has 2 heterocycles. The Balaban J connectivity index is 1.25. The standard InChI is InChI=1S/C52H33N3S/c1-5-18-34(19-6-1)49-53-50(35-20-7-2-8-21-35)55-51(54-49)36-32-43(47-42-27-14-16-31-45(42)56-46(47)33-36)41-29-17-28-40-39-26-13-15-30-44(39)52(48(40)41,37-22-9-3-10-23-37)38-24-11-4-12-25-38/h1-33H. The fourth-order valence-corrected chi connectivity index (χ4v) is 10.0. The maximum absolute atomic E-state index is 5.21. The lowest BCUT2D eigenvalue weighted by molar-refractivity contribution is 0.770. The minimum atomic E-state index is -0.562. The van der Waals surface area contributed by atoms with Crippen LogP contribution in [-0.2, 0) is 5.41 Å². The van der Waals surface area contributed by atoms with Crippen LogP contribution >= 0.6 is 11.3 Å². The van der Waals surface area contributed by atoms with Crippen LogP contribution in [0.2, 0.25) is 0 Å². The monoisotopic (exact) mass is 731 g/mol. The zero-order chi connectivity index (χ0) is 37.1. The van der Waals surface area contributed by atoms with Crippen molar-refractivity contribution in [1.29, 1.82) is 0 Å². The van der Waals surface area contributed by atoms with Crippen molar-refractivity contribution in [2.24, 2.45) is 0 Å². The first-order chi connectivity index (χ1) is 27.8. The van der Waals surface area contributed by atoms with Gasteiger partial charge in [-0.15, -0.1) is 11.3 Å². The lowest BCUT2D eigenvalue weighted by Gasteiger charge is -2.35. The highest BCUT2D eigenvalue weighted by molar-refractivity contribution is 7.26. The number of hydrogen-bond donors (Lipinski definition) is 0. The van der Waals surface area contributed by atoms with Gasteiger partial charge in [-0.1, -0.05) is 182 Å². The van der Waals surface area contributed by atoms with Crippen LogP contribution < -0.4 is 0 Å². The smallest absolute Gasteiger partial charge is 0.164 e. The first-order valence-electron chi connectivity index (χ1n) is 18.9. The van der Waals surface area contributed by atoms with Crippen molar-refractivity contribution < 1.29 is 0 Å². The number of rotatable bonds is 6. The van der Waals surface area contributed by atoms with Crippen LogP contribution in [0.1, 0.15) is 22.3 Å². The van der Waals surface area contributed by atoms with Crippen molar-refractivity contribution in [1.82, 2.24) is 15.0 Å². The van der Waals surface area contributed by atoms with E-state index in [0.717, 1.165) is 16.7 Å². The third-order valence-corrected chi connectivity index (χ3v) is 12.3. The highest BCUT2D eigenvalue weighted by Gasteiger charge is 2.47. The summed E-state index contributed by atoms with van der Waals surface area (Å²) >= 11 is 1.82. The summed E-state index contributed by atoms with van der Waals surface area (Å²) in [6.45, 7) is 0. The van der Waals surface area contributed by atoms with E-state index in [2.05, 4.69) is 164 Å². The first kappa shape index (κ1) is 32.4. The molecule has 0 unspecified atom stereocenters. The van der Waals surface area contributed by atoms with Crippen molar-refractivity contribution in [3.63, 3.8) is 0 Å². The van der Waals surface area contributed by atoms with Crippen molar-refractivity contribution in [2.45, 2.75) is 5.41 Å². The number of fused-ring (bicyclic) bond motifs is 6. The number of aromatic nitrogens is 3.